The fourth-order valence-electron chi connectivity index (χ4n) is 1.43. The van der Waals surface area contributed by atoms with E-state index in [0.717, 1.165) is 34.5 Å². The van der Waals surface area contributed by atoms with E-state index in [0.29, 0.717) is 0 Å². The number of aromatic nitrogens is 3. The number of benzene rings is 1. The molecule has 2 rings (SSSR count). The maximum absolute atomic E-state index is 4.47. The lowest BCUT2D eigenvalue weighted by Crippen LogP contribution is -1.86. The van der Waals surface area contributed by atoms with Gasteiger partial charge in [0.1, 0.15) is 5.82 Å². The van der Waals surface area contributed by atoms with Gasteiger partial charge < -0.3 is 0 Å². The van der Waals surface area contributed by atoms with Gasteiger partial charge in [0.2, 0.25) is 0 Å². The number of nitrogens with one attached hydrogen (secondary N) is 1. The zero-order chi connectivity index (χ0) is 11.5. The van der Waals surface area contributed by atoms with Gasteiger partial charge in [-0.3, -0.25) is 5.10 Å². The second-order valence-electron chi connectivity index (χ2n) is 3.48. The Morgan fingerprint density at radius 3 is 3.00 bits per heavy atom. The van der Waals surface area contributed by atoms with Gasteiger partial charge in [-0.05, 0) is 47.2 Å². The van der Waals surface area contributed by atoms with Crippen LogP contribution < -0.4 is 0 Å². The minimum atomic E-state index is 0.758. The highest BCUT2D eigenvalue weighted by Gasteiger charge is 2.09. The van der Waals surface area contributed by atoms with Crippen LogP contribution in [0.4, 0.5) is 0 Å². The van der Waals surface area contributed by atoms with Crippen molar-refractivity contribution in [2.24, 2.45) is 0 Å². The van der Waals surface area contributed by atoms with Crippen LogP contribution in [-0.2, 0) is 6.42 Å². The van der Waals surface area contributed by atoms with Crippen molar-refractivity contribution in [3.05, 3.63) is 32.1 Å². The first-order valence-electron chi connectivity index (χ1n) is 5.07. The molecule has 1 N–H and O–H groups in total. The van der Waals surface area contributed by atoms with E-state index in [1.54, 1.807) is 0 Å². The number of hydrogen-bond acceptors (Lipinski definition) is 2. The molecule has 3 nitrogen and oxygen atoms in total. The summed E-state index contributed by atoms with van der Waals surface area (Å²) in [6, 6.07) is 6.14. The van der Waals surface area contributed by atoms with Gasteiger partial charge >= 0.3 is 0 Å². The first kappa shape index (κ1) is 12.0. The van der Waals surface area contributed by atoms with E-state index in [2.05, 4.69) is 66.7 Å². The van der Waals surface area contributed by atoms with Crippen LogP contribution in [0.3, 0.4) is 0 Å². The van der Waals surface area contributed by atoms with Crippen LogP contribution in [0.2, 0.25) is 0 Å². The Morgan fingerprint density at radius 1 is 1.44 bits per heavy atom. The summed E-state index contributed by atoms with van der Waals surface area (Å²) in [5.74, 6) is 1.71. The lowest BCUT2D eigenvalue weighted by Gasteiger charge is -1.99. The number of rotatable bonds is 3. The fraction of sp³-hybridized carbons (Fsp3) is 0.273. The van der Waals surface area contributed by atoms with E-state index < -0.39 is 0 Å². The topological polar surface area (TPSA) is 41.6 Å². The summed E-state index contributed by atoms with van der Waals surface area (Å²) in [6.45, 7) is 2.13. The third-order valence-corrected chi connectivity index (χ3v) is 3.55. The predicted molar refractivity (Wildman–Crippen MR) is 76.2 cm³/mol. The van der Waals surface area contributed by atoms with Gasteiger partial charge in [-0.15, -0.1) is 0 Å². The van der Waals surface area contributed by atoms with Crippen LogP contribution in [-0.4, -0.2) is 15.2 Å². The van der Waals surface area contributed by atoms with Crippen LogP contribution >= 0.6 is 38.5 Å². The smallest absolute Gasteiger partial charge is 0.182 e. The number of halogens is 2. The zero-order valence-corrected chi connectivity index (χ0v) is 12.5. The Morgan fingerprint density at radius 2 is 2.25 bits per heavy atom. The molecule has 0 saturated carbocycles. The Balaban J connectivity index is 2.38. The second-order valence-corrected chi connectivity index (χ2v) is 5.58. The van der Waals surface area contributed by atoms with Crippen molar-refractivity contribution in [2.75, 3.05) is 0 Å². The number of aryl methyl sites for hydroxylation is 1. The molecule has 0 aliphatic rings. The Bertz CT molecular complexity index is 496. The number of aromatic amines is 1. The molecule has 0 spiro atoms. The van der Waals surface area contributed by atoms with Crippen LogP contribution in [0.15, 0.2) is 22.7 Å². The van der Waals surface area contributed by atoms with Crippen molar-refractivity contribution >= 4 is 38.5 Å². The first-order chi connectivity index (χ1) is 7.70. The van der Waals surface area contributed by atoms with Crippen molar-refractivity contribution in [1.29, 1.82) is 0 Å². The number of nitrogens with zero attached hydrogens (tertiary/aromatic N) is 2. The van der Waals surface area contributed by atoms with E-state index in [-0.39, 0.29) is 0 Å². The Labute approximate surface area is 116 Å². The zero-order valence-electron chi connectivity index (χ0n) is 8.80. The van der Waals surface area contributed by atoms with Crippen molar-refractivity contribution in [1.82, 2.24) is 15.2 Å². The average Bonchev–Trinajstić information content (AvgIpc) is 2.71. The molecule has 16 heavy (non-hydrogen) atoms. The van der Waals surface area contributed by atoms with E-state index in [1.807, 2.05) is 12.1 Å². The van der Waals surface area contributed by atoms with Gasteiger partial charge in [0.25, 0.3) is 0 Å². The Hall–Kier alpha value is -0.430. The molecule has 5 heteroatoms. The molecule has 0 atom stereocenters. The van der Waals surface area contributed by atoms with Gasteiger partial charge in [0.05, 0.1) is 0 Å². The summed E-state index contributed by atoms with van der Waals surface area (Å²) in [6.07, 6.45) is 2.01. The minimum absolute atomic E-state index is 0.758. The maximum Gasteiger partial charge on any atom is 0.182 e. The molecule has 0 aliphatic carbocycles. The molecule has 0 bridgehead atoms. The molecular weight excluding hydrogens is 381 g/mol. The summed E-state index contributed by atoms with van der Waals surface area (Å²) in [7, 11) is 0. The third kappa shape index (κ3) is 2.63. The molecule has 84 valence electrons. The molecule has 1 heterocycles. The molecule has 0 radical (unpaired) electrons. The molecule has 0 amide bonds. The molecule has 1 aromatic carbocycles. The van der Waals surface area contributed by atoms with Crippen LogP contribution in [0.1, 0.15) is 19.2 Å². The highest BCUT2D eigenvalue weighted by atomic mass is 127. The molecule has 0 fully saturated rings. The fourth-order valence-corrected chi connectivity index (χ4v) is 2.35. The maximum atomic E-state index is 4.47. The molecular formula is C11H11BrIN3. The number of hydrogen-bond donors (Lipinski definition) is 1. The summed E-state index contributed by atoms with van der Waals surface area (Å²) >= 11 is 5.80. The first-order valence-corrected chi connectivity index (χ1v) is 6.94. The van der Waals surface area contributed by atoms with Crippen LogP contribution in [0, 0.1) is 3.57 Å². The Kier molecular flexibility index (Phi) is 3.96. The van der Waals surface area contributed by atoms with Gasteiger partial charge in [-0.2, -0.15) is 5.10 Å². The van der Waals surface area contributed by atoms with Crippen LogP contribution in [0.25, 0.3) is 11.4 Å². The van der Waals surface area contributed by atoms with Gasteiger partial charge in [-0.1, -0.05) is 22.9 Å². The van der Waals surface area contributed by atoms with Crippen molar-refractivity contribution < 1.29 is 0 Å². The minimum Gasteiger partial charge on any atom is -0.263 e. The van der Waals surface area contributed by atoms with Gasteiger partial charge in [0.15, 0.2) is 5.82 Å². The standard InChI is InChI=1S/C11H11BrIN3/c1-2-3-10-14-11(16-15-10)8-6-7(13)4-5-9(8)12/h4-6H,2-3H2,1H3,(H,14,15,16). The molecule has 1 aromatic heterocycles. The number of H-pyrrole nitrogens is 1. The van der Waals surface area contributed by atoms with Crippen LogP contribution in [0.5, 0.6) is 0 Å². The molecule has 2 aromatic rings. The molecule has 0 unspecified atom stereocenters. The second kappa shape index (κ2) is 5.27. The van der Waals surface area contributed by atoms with E-state index in [4.69, 9.17) is 0 Å². The SMILES string of the molecule is CCCc1nc(-c2cc(I)ccc2Br)n[nH]1. The molecule has 0 saturated heterocycles. The molecule has 0 aliphatic heterocycles. The van der Waals surface area contributed by atoms with Crippen molar-refractivity contribution in [2.45, 2.75) is 19.8 Å². The van der Waals surface area contributed by atoms with E-state index in [1.165, 1.54) is 3.57 Å². The van der Waals surface area contributed by atoms with E-state index in [9.17, 15) is 0 Å². The highest BCUT2D eigenvalue weighted by Crippen LogP contribution is 2.27. The lowest BCUT2D eigenvalue weighted by molar-refractivity contribution is 0.841. The van der Waals surface area contributed by atoms with Crippen molar-refractivity contribution in [3.63, 3.8) is 0 Å². The predicted octanol–water partition coefficient (Wildman–Crippen LogP) is 3.79. The normalized spacial score (nSPS) is 10.7. The monoisotopic (exact) mass is 391 g/mol. The summed E-state index contributed by atoms with van der Waals surface area (Å²) in [5, 5.41) is 7.20. The largest absolute Gasteiger partial charge is 0.263 e. The summed E-state index contributed by atoms with van der Waals surface area (Å²) < 4.78 is 2.20. The van der Waals surface area contributed by atoms with E-state index >= 15 is 0 Å². The summed E-state index contributed by atoms with van der Waals surface area (Å²) in [5.41, 5.74) is 1.03. The third-order valence-electron chi connectivity index (χ3n) is 2.19. The average molecular weight is 392 g/mol. The quantitative estimate of drug-likeness (QED) is 0.808. The van der Waals surface area contributed by atoms with Gasteiger partial charge in [-0.25, -0.2) is 4.98 Å². The summed E-state index contributed by atoms with van der Waals surface area (Å²) in [4.78, 5) is 4.47. The highest BCUT2D eigenvalue weighted by molar-refractivity contribution is 14.1. The van der Waals surface area contributed by atoms with Crippen molar-refractivity contribution in [3.8, 4) is 11.4 Å². The van der Waals surface area contributed by atoms with Gasteiger partial charge in [0, 0.05) is 20.0 Å². The lowest BCUT2D eigenvalue weighted by atomic mass is 10.2.